The first kappa shape index (κ1) is 44.5. The van der Waals surface area contributed by atoms with Crippen molar-refractivity contribution in [3.05, 3.63) is 0 Å². The minimum absolute atomic E-state index is 0.0148. The van der Waals surface area contributed by atoms with Crippen molar-refractivity contribution in [2.24, 2.45) is 0 Å². The van der Waals surface area contributed by atoms with Gasteiger partial charge in [-0.3, -0.25) is 9.36 Å². The van der Waals surface area contributed by atoms with Crippen molar-refractivity contribution in [3.8, 4) is 0 Å². The van der Waals surface area contributed by atoms with Crippen LogP contribution in [-0.2, 0) is 18.4 Å². The number of rotatable bonds is 34. The van der Waals surface area contributed by atoms with Crippen LogP contribution in [0.1, 0.15) is 174 Å². The smallest absolute Gasteiger partial charge is 0.268 e. The highest BCUT2D eigenvalue weighted by Gasteiger charge is 2.24. The van der Waals surface area contributed by atoms with Gasteiger partial charge < -0.3 is 28.8 Å². The van der Waals surface area contributed by atoms with Crippen LogP contribution >= 0.6 is 7.82 Å². The number of phosphoric acid groups is 1. The van der Waals surface area contributed by atoms with Gasteiger partial charge in [-0.15, -0.1) is 0 Å². The van der Waals surface area contributed by atoms with E-state index in [1.807, 2.05) is 21.1 Å². The van der Waals surface area contributed by atoms with E-state index < -0.39 is 20.0 Å². The molecule has 0 radical (unpaired) electrons. The summed E-state index contributed by atoms with van der Waals surface area (Å²) in [4.78, 5) is 25.0. The molecule has 0 aliphatic rings. The second-order valence-corrected chi connectivity index (χ2v) is 15.7. The van der Waals surface area contributed by atoms with Crippen LogP contribution in [-0.4, -0.2) is 68.5 Å². The maximum atomic E-state index is 12.7. The highest BCUT2D eigenvalue weighted by atomic mass is 31.2. The van der Waals surface area contributed by atoms with Gasteiger partial charge in [0.05, 0.1) is 39.9 Å². The van der Waals surface area contributed by atoms with E-state index in [1.54, 1.807) is 0 Å². The molecule has 3 unspecified atom stereocenters. The first-order valence-electron chi connectivity index (χ1n) is 18.9. The Labute approximate surface area is 279 Å². The second kappa shape index (κ2) is 29.6. The Kier molecular flexibility index (Phi) is 29.3. The fourth-order valence-corrected chi connectivity index (χ4v) is 6.23. The molecule has 45 heavy (non-hydrogen) atoms. The van der Waals surface area contributed by atoms with Crippen molar-refractivity contribution < 1.29 is 32.9 Å². The highest BCUT2D eigenvalue weighted by molar-refractivity contribution is 7.45. The molecule has 0 spiro atoms. The van der Waals surface area contributed by atoms with Gasteiger partial charge in [0, 0.05) is 6.42 Å². The van der Waals surface area contributed by atoms with Gasteiger partial charge in [0.25, 0.3) is 7.82 Å². The van der Waals surface area contributed by atoms with Crippen LogP contribution in [0.4, 0.5) is 0 Å². The topological polar surface area (TPSA) is 108 Å². The van der Waals surface area contributed by atoms with Crippen molar-refractivity contribution >= 4 is 13.7 Å². The fraction of sp³-hybridized carbons (Fsp3) is 0.972. The number of aliphatic hydroxyl groups excluding tert-OH is 1. The maximum Gasteiger partial charge on any atom is 0.268 e. The Morgan fingerprint density at radius 1 is 0.689 bits per heavy atom. The number of likely N-dealkylation sites (N-methyl/N-ethyl adjacent to an activating group) is 1. The Balaban J connectivity index is 4.23. The van der Waals surface area contributed by atoms with Crippen molar-refractivity contribution in [1.29, 1.82) is 0 Å². The molecule has 8 nitrogen and oxygen atoms in total. The zero-order valence-electron chi connectivity index (χ0n) is 30.3. The maximum absolute atomic E-state index is 12.7. The van der Waals surface area contributed by atoms with Gasteiger partial charge >= 0.3 is 0 Å². The summed E-state index contributed by atoms with van der Waals surface area (Å²) in [5.41, 5.74) is 0. The predicted octanol–water partition coefficient (Wildman–Crippen LogP) is 8.83. The van der Waals surface area contributed by atoms with E-state index >= 15 is 0 Å². The molecule has 1 amide bonds. The van der Waals surface area contributed by atoms with Crippen LogP contribution in [0.3, 0.4) is 0 Å². The van der Waals surface area contributed by atoms with Gasteiger partial charge in [0.2, 0.25) is 5.91 Å². The van der Waals surface area contributed by atoms with Gasteiger partial charge in [0.15, 0.2) is 0 Å². The Hall–Kier alpha value is -0.500. The number of nitrogens with zero attached hydrogens (tertiary/aromatic N) is 1. The molecule has 0 saturated carbocycles. The van der Waals surface area contributed by atoms with Crippen molar-refractivity contribution in [2.75, 3.05) is 40.9 Å². The van der Waals surface area contributed by atoms with E-state index in [0.717, 1.165) is 38.5 Å². The number of amides is 1. The average molecular weight is 663 g/mol. The van der Waals surface area contributed by atoms with E-state index in [-0.39, 0.29) is 19.1 Å². The number of nitrogens with one attached hydrogen (secondary N) is 1. The molecule has 0 aliphatic heterocycles. The quantitative estimate of drug-likeness (QED) is 0.0405. The molecule has 0 bridgehead atoms. The summed E-state index contributed by atoms with van der Waals surface area (Å²) in [5.74, 6) is -0.168. The molecule has 0 heterocycles. The number of aliphatic hydroxyl groups is 1. The zero-order valence-corrected chi connectivity index (χ0v) is 31.2. The molecule has 2 N–H and O–H groups in total. The molecule has 0 rings (SSSR count). The van der Waals surface area contributed by atoms with E-state index in [4.69, 9.17) is 9.05 Å². The Bertz CT molecular complexity index is 718. The highest BCUT2D eigenvalue weighted by Crippen LogP contribution is 2.38. The first-order valence-corrected chi connectivity index (χ1v) is 20.3. The SMILES string of the molecule is CCCCCCCCCCCCCCCCCCCC(=O)NC(COP(=O)([O-])OCC[N+](C)(C)C)C(O)CCCCCCCC. The number of phosphoric ester groups is 1. The van der Waals surface area contributed by atoms with Crippen LogP contribution in [0.15, 0.2) is 0 Å². The standard InChI is InChI=1S/C36H75N2O6P/c1-6-8-10-12-14-15-16-17-18-19-20-21-22-23-24-26-28-30-36(40)37-34(35(39)29-27-25-13-11-9-7-2)33-44-45(41,42)43-32-31-38(3,4)5/h34-35,39H,6-33H2,1-5H3,(H-,37,40,41,42). The summed E-state index contributed by atoms with van der Waals surface area (Å²) in [7, 11) is 1.31. The van der Waals surface area contributed by atoms with Crippen molar-refractivity contribution in [3.63, 3.8) is 0 Å². The molecule has 270 valence electrons. The lowest BCUT2D eigenvalue weighted by atomic mass is 10.0. The number of carbonyl (C=O) groups is 1. The van der Waals surface area contributed by atoms with E-state index in [0.29, 0.717) is 23.9 Å². The van der Waals surface area contributed by atoms with Crippen LogP contribution in [0.25, 0.3) is 0 Å². The summed E-state index contributed by atoms with van der Waals surface area (Å²) >= 11 is 0. The predicted molar refractivity (Wildman–Crippen MR) is 187 cm³/mol. The molecule has 0 aromatic carbocycles. The lowest BCUT2D eigenvalue weighted by Gasteiger charge is -2.30. The summed E-state index contributed by atoms with van der Waals surface area (Å²) in [6.07, 6.45) is 28.4. The number of carbonyl (C=O) groups excluding carboxylic acids is 1. The fourth-order valence-electron chi connectivity index (χ4n) is 5.51. The summed E-state index contributed by atoms with van der Waals surface area (Å²) in [6, 6.07) is -0.789. The Morgan fingerprint density at radius 2 is 1.09 bits per heavy atom. The molecule has 0 saturated heterocycles. The van der Waals surface area contributed by atoms with Gasteiger partial charge in [0.1, 0.15) is 13.2 Å². The minimum Gasteiger partial charge on any atom is -0.756 e. The third-order valence-corrected chi connectivity index (χ3v) is 9.56. The molecule has 0 aliphatic carbocycles. The third kappa shape index (κ3) is 31.8. The van der Waals surface area contributed by atoms with Crippen molar-refractivity contribution in [1.82, 2.24) is 5.32 Å². The van der Waals surface area contributed by atoms with Gasteiger partial charge in [-0.05, 0) is 12.8 Å². The molecule has 0 aromatic rings. The Morgan fingerprint density at radius 3 is 1.51 bits per heavy atom. The number of hydrogen-bond donors (Lipinski definition) is 2. The molecule has 3 atom stereocenters. The molecule has 0 fully saturated rings. The summed E-state index contributed by atoms with van der Waals surface area (Å²) in [5, 5.41) is 13.7. The van der Waals surface area contributed by atoms with Gasteiger partial charge in [-0.2, -0.15) is 0 Å². The number of hydrogen-bond acceptors (Lipinski definition) is 6. The summed E-state index contributed by atoms with van der Waals surface area (Å²) < 4.78 is 23.0. The molecular weight excluding hydrogens is 587 g/mol. The van der Waals surface area contributed by atoms with E-state index in [1.165, 1.54) is 109 Å². The molecule has 9 heteroatoms. The first-order chi connectivity index (χ1) is 21.5. The minimum atomic E-state index is -4.54. The number of unbranched alkanes of at least 4 members (excludes halogenated alkanes) is 21. The third-order valence-electron chi connectivity index (χ3n) is 8.60. The molecular formula is C36H75N2O6P. The van der Waals surface area contributed by atoms with E-state index in [2.05, 4.69) is 19.2 Å². The molecule has 0 aromatic heterocycles. The lowest BCUT2D eigenvalue weighted by Crippen LogP contribution is -2.46. The normalized spacial score (nSPS) is 14.7. The average Bonchev–Trinajstić information content (AvgIpc) is 2.97. The van der Waals surface area contributed by atoms with Crippen molar-refractivity contribution in [2.45, 2.75) is 187 Å². The number of quaternary nitrogens is 1. The van der Waals surface area contributed by atoms with Crippen LogP contribution < -0.4 is 10.2 Å². The van der Waals surface area contributed by atoms with E-state index in [9.17, 15) is 19.4 Å². The van der Waals surface area contributed by atoms with Gasteiger partial charge in [-0.1, -0.05) is 155 Å². The monoisotopic (exact) mass is 663 g/mol. The zero-order chi connectivity index (χ0) is 33.7. The van der Waals surface area contributed by atoms with Crippen LogP contribution in [0.5, 0.6) is 0 Å². The van der Waals surface area contributed by atoms with Crippen LogP contribution in [0.2, 0.25) is 0 Å². The largest absolute Gasteiger partial charge is 0.756 e. The summed E-state index contributed by atoms with van der Waals surface area (Å²) in [6.45, 7) is 4.65. The van der Waals surface area contributed by atoms with Gasteiger partial charge in [-0.25, -0.2) is 0 Å². The second-order valence-electron chi connectivity index (χ2n) is 14.3. The lowest BCUT2D eigenvalue weighted by molar-refractivity contribution is -0.870. The van der Waals surface area contributed by atoms with Crippen LogP contribution in [0, 0.1) is 0 Å².